The molecule has 2 aromatic heterocycles. The zero-order valence-electron chi connectivity index (χ0n) is 21.3. The molecule has 1 aliphatic heterocycles. The minimum Gasteiger partial charge on any atom is -0.355 e. The van der Waals surface area contributed by atoms with Crippen LogP contribution in [0.2, 0.25) is 5.02 Å². The molecule has 1 aromatic carbocycles. The average Bonchev–Trinajstić information content (AvgIpc) is 3.21. The Morgan fingerprint density at radius 3 is 2.61 bits per heavy atom. The van der Waals surface area contributed by atoms with E-state index in [4.69, 9.17) is 11.6 Å². The Labute approximate surface area is 213 Å². The van der Waals surface area contributed by atoms with Gasteiger partial charge in [0.1, 0.15) is 5.82 Å². The fraction of sp³-hybridized carbons (Fsp3) is 0.520. The lowest BCUT2D eigenvalue weighted by atomic mass is 9.94. The van der Waals surface area contributed by atoms with E-state index in [1.54, 1.807) is 17.7 Å². The van der Waals surface area contributed by atoms with Crippen molar-refractivity contribution in [2.24, 2.45) is 25.4 Å². The number of piperidine rings is 1. The first-order valence-corrected chi connectivity index (χ1v) is 12.4. The second-order valence-electron chi connectivity index (χ2n) is 10.6. The van der Waals surface area contributed by atoms with Crippen molar-refractivity contribution in [3.05, 3.63) is 55.4 Å². The summed E-state index contributed by atoms with van der Waals surface area (Å²) in [5, 5.41) is 3.26. The van der Waals surface area contributed by atoms with E-state index in [2.05, 4.69) is 31.1 Å². The maximum atomic E-state index is 14.8. The molecule has 1 saturated heterocycles. The fourth-order valence-corrected chi connectivity index (χ4v) is 4.76. The van der Waals surface area contributed by atoms with Crippen LogP contribution in [-0.2, 0) is 25.4 Å². The number of nitrogens with zero attached hydrogens (tertiary/aromatic N) is 5. The van der Waals surface area contributed by atoms with Gasteiger partial charge in [-0.15, -0.1) is 0 Å². The molecule has 3 aromatic rings. The molecule has 0 bridgehead atoms. The highest BCUT2D eigenvalue weighted by Crippen LogP contribution is 2.29. The van der Waals surface area contributed by atoms with E-state index in [-0.39, 0.29) is 45.5 Å². The summed E-state index contributed by atoms with van der Waals surface area (Å²) in [5.74, 6) is -0.401. The van der Waals surface area contributed by atoms with Crippen LogP contribution in [0.4, 0.5) is 10.3 Å². The Kier molecular flexibility index (Phi) is 7.01. The SMILES string of the molecule is Cn1c(=O)c2c(nc(N3CCCC(C(=O)NCC(C)(C)C)C3)n2Cc2c(F)cccc2Cl)n(C)c1=O. The molecule has 3 heterocycles. The van der Waals surface area contributed by atoms with Gasteiger partial charge in [-0.25, -0.2) is 9.18 Å². The van der Waals surface area contributed by atoms with Gasteiger partial charge in [-0.3, -0.25) is 23.3 Å². The van der Waals surface area contributed by atoms with Crippen LogP contribution >= 0.6 is 11.6 Å². The van der Waals surface area contributed by atoms with Gasteiger partial charge in [-0.2, -0.15) is 4.98 Å². The third-order valence-corrected chi connectivity index (χ3v) is 6.93. The van der Waals surface area contributed by atoms with Gasteiger partial charge in [0, 0.05) is 44.3 Å². The normalized spacial score (nSPS) is 16.5. The van der Waals surface area contributed by atoms with E-state index in [0.717, 1.165) is 17.4 Å². The smallest absolute Gasteiger partial charge is 0.332 e. The fourth-order valence-electron chi connectivity index (χ4n) is 4.54. The van der Waals surface area contributed by atoms with Crippen LogP contribution in [0.3, 0.4) is 0 Å². The van der Waals surface area contributed by atoms with Crippen molar-refractivity contribution in [2.45, 2.75) is 40.2 Å². The first kappa shape index (κ1) is 25.9. The standard InChI is InChI=1S/C25H32ClFN6O3/c1-25(2,3)14-28-21(34)15-8-7-11-32(12-15)23-29-20-19(22(35)31(5)24(36)30(20)4)33(23)13-16-17(26)9-6-10-18(16)27/h6,9-10,15H,7-8,11-14H2,1-5H3,(H,28,34). The van der Waals surface area contributed by atoms with Crippen LogP contribution < -0.4 is 21.5 Å². The summed E-state index contributed by atoms with van der Waals surface area (Å²) in [6.45, 7) is 7.67. The van der Waals surface area contributed by atoms with Gasteiger partial charge >= 0.3 is 5.69 Å². The molecule has 0 aliphatic carbocycles. The third-order valence-electron chi connectivity index (χ3n) is 6.57. The van der Waals surface area contributed by atoms with Crippen molar-refractivity contribution >= 4 is 34.6 Å². The van der Waals surface area contributed by atoms with Gasteiger partial charge in [-0.1, -0.05) is 38.4 Å². The number of rotatable bonds is 5. The van der Waals surface area contributed by atoms with E-state index < -0.39 is 17.1 Å². The molecule has 4 rings (SSSR count). The average molecular weight is 519 g/mol. The largest absolute Gasteiger partial charge is 0.355 e. The number of hydrogen-bond acceptors (Lipinski definition) is 5. The molecule has 11 heteroatoms. The zero-order chi connectivity index (χ0) is 26.4. The van der Waals surface area contributed by atoms with Gasteiger partial charge in [0.25, 0.3) is 5.56 Å². The first-order valence-electron chi connectivity index (χ1n) is 12.0. The maximum Gasteiger partial charge on any atom is 0.332 e. The van der Waals surface area contributed by atoms with Gasteiger partial charge in [0.2, 0.25) is 11.9 Å². The number of imidazole rings is 1. The third kappa shape index (κ3) is 4.91. The molecule has 194 valence electrons. The van der Waals surface area contributed by atoms with Crippen LogP contribution in [0.15, 0.2) is 27.8 Å². The number of anilines is 1. The number of carbonyl (C=O) groups excluding carboxylic acids is 1. The molecule has 1 aliphatic rings. The summed E-state index contributed by atoms with van der Waals surface area (Å²) in [7, 11) is 2.94. The van der Waals surface area contributed by atoms with Crippen LogP contribution in [0.1, 0.15) is 39.2 Å². The molecule has 1 unspecified atom stereocenters. The minimum atomic E-state index is -0.532. The maximum absolute atomic E-state index is 14.8. The zero-order valence-corrected chi connectivity index (χ0v) is 22.0. The van der Waals surface area contributed by atoms with Crippen molar-refractivity contribution in [2.75, 3.05) is 24.5 Å². The second kappa shape index (κ2) is 9.72. The Morgan fingerprint density at radius 1 is 1.22 bits per heavy atom. The number of benzene rings is 1. The van der Waals surface area contributed by atoms with E-state index >= 15 is 0 Å². The van der Waals surface area contributed by atoms with E-state index in [1.807, 2.05) is 4.90 Å². The van der Waals surface area contributed by atoms with Gasteiger partial charge in [-0.05, 0) is 30.4 Å². The number of aromatic nitrogens is 4. The van der Waals surface area contributed by atoms with E-state index in [0.29, 0.717) is 25.6 Å². The molecule has 0 spiro atoms. The van der Waals surface area contributed by atoms with Crippen molar-refractivity contribution in [3.8, 4) is 0 Å². The molecular formula is C25H32ClFN6O3. The molecule has 1 N–H and O–H groups in total. The number of nitrogens with one attached hydrogen (secondary N) is 1. The molecule has 1 amide bonds. The second-order valence-corrected chi connectivity index (χ2v) is 11.0. The number of aryl methyl sites for hydroxylation is 1. The lowest BCUT2D eigenvalue weighted by Gasteiger charge is -2.33. The van der Waals surface area contributed by atoms with Crippen LogP contribution in [0, 0.1) is 17.2 Å². The van der Waals surface area contributed by atoms with E-state index in [1.165, 1.54) is 23.7 Å². The number of amides is 1. The van der Waals surface area contributed by atoms with Gasteiger partial charge in [0.15, 0.2) is 11.2 Å². The molecular weight excluding hydrogens is 487 g/mol. The lowest BCUT2D eigenvalue weighted by Crippen LogP contribution is -2.45. The van der Waals surface area contributed by atoms with Crippen LogP contribution in [0.25, 0.3) is 11.2 Å². The van der Waals surface area contributed by atoms with Gasteiger partial charge < -0.3 is 10.2 Å². The Balaban J connectivity index is 1.80. The summed E-state index contributed by atoms with van der Waals surface area (Å²) in [6, 6.07) is 4.41. The number of halogens is 2. The molecule has 1 atom stereocenters. The highest BCUT2D eigenvalue weighted by molar-refractivity contribution is 6.31. The highest BCUT2D eigenvalue weighted by atomic mass is 35.5. The predicted molar refractivity (Wildman–Crippen MR) is 138 cm³/mol. The number of fused-ring (bicyclic) bond motifs is 1. The highest BCUT2D eigenvalue weighted by Gasteiger charge is 2.31. The predicted octanol–water partition coefficient (Wildman–Crippen LogP) is 2.65. The lowest BCUT2D eigenvalue weighted by molar-refractivity contribution is -0.125. The molecule has 9 nitrogen and oxygen atoms in total. The summed E-state index contributed by atoms with van der Waals surface area (Å²) in [6.07, 6.45) is 1.47. The number of carbonyl (C=O) groups is 1. The van der Waals surface area contributed by atoms with Crippen molar-refractivity contribution in [1.29, 1.82) is 0 Å². The summed E-state index contributed by atoms with van der Waals surface area (Å²) >= 11 is 6.32. The van der Waals surface area contributed by atoms with Gasteiger partial charge in [0.05, 0.1) is 12.5 Å². The quantitative estimate of drug-likeness (QED) is 0.560. The minimum absolute atomic E-state index is 0.0299. The monoisotopic (exact) mass is 518 g/mol. The number of hydrogen-bond donors (Lipinski definition) is 1. The molecule has 0 radical (unpaired) electrons. The first-order chi connectivity index (χ1) is 16.9. The topological polar surface area (TPSA) is 94.2 Å². The summed E-state index contributed by atoms with van der Waals surface area (Å²) < 4.78 is 18.7. The Morgan fingerprint density at radius 2 is 1.94 bits per heavy atom. The van der Waals surface area contributed by atoms with Crippen molar-refractivity contribution in [3.63, 3.8) is 0 Å². The van der Waals surface area contributed by atoms with E-state index in [9.17, 15) is 18.8 Å². The van der Waals surface area contributed by atoms with Crippen molar-refractivity contribution < 1.29 is 9.18 Å². The molecule has 1 fully saturated rings. The molecule has 0 saturated carbocycles. The Bertz CT molecular complexity index is 1410. The Hall–Kier alpha value is -3.14. The van der Waals surface area contributed by atoms with Crippen LogP contribution in [-0.4, -0.2) is 44.2 Å². The van der Waals surface area contributed by atoms with Crippen molar-refractivity contribution in [1.82, 2.24) is 24.0 Å². The molecule has 36 heavy (non-hydrogen) atoms. The van der Waals surface area contributed by atoms with Crippen LogP contribution in [0.5, 0.6) is 0 Å². The summed E-state index contributed by atoms with van der Waals surface area (Å²) in [5.41, 5.74) is -0.492. The summed E-state index contributed by atoms with van der Waals surface area (Å²) in [4.78, 5) is 45.3.